The van der Waals surface area contributed by atoms with E-state index in [0.29, 0.717) is 26.3 Å². The largest absolute Gasteiger partial charge is 0.497 e. The topological polar surface area (TPSA) is 79.9 Å². The van der Waals surface area contributed by atoms with Crippen LogP contribution in [0.1, 0.15) is 11.6 Å². The van der Waals surface area contributed by atoms with Gasteiger partial charge in [-0.15, -0.1) is 0 Å². The zero-order valence-electron chi connectivity index (χ0n) is 16.5. The van der Waals surface area contributed by atoms with Crippen molar-refractivity contribution in [3.8, 4) is 5.75 Å². The van der Waals surface area contributed by atoms with E-state index in [1.165, 1.54) is 6.07 Å². The van der Waals surface area contributed by atoms with Crippen LogP contribution in [0.5, 0.6) is 5.75 Å². The minimum atomic E-state index is -1.11. The molecule has 0 saturated carbocycles. The first-order valence-electron chi connectivity index (χ1n) is 9.48. The van der Waals surface area contributed by atoms with Gasteiger partial charge in [-0.05, 0) is 29.8 Å². The van der Waals surface area contributed by atoms with Crippen LogP contribution in [0.4, 0.5) is 14.5 Å². The summed E-state index contributed by atoms with van der Waals surface area (Å²) in [4.78, 5) is 26.6. The summed E-state index contributed by atoms with van der Waals surface area (Å²) in [6, 6.07) is 10.2. The highest BCUT2D eigenvalue weighted by Gasteiger charge is 2.24. The van der Waals surface area contributed by atoms with Gasteiger partial charge in [-0.25, -0.2) is 8.78 Å². The third-order valence-corrected chi connectivity index (χ3v) is 4.83. The number of amides is 2. The van der Waals surface area contributed by atoms with Crippen LogP contribution in [-0.4, -0.2) is 56.7 Å². The van der Waals surface area contributed by atoms with Crippen LogP contribution in [0.3, 0.4) is 0 Å². The normalized spacial score (nSPS) is 15.3. The average Bonchev–Trinajstić information content (AvgIpc) is 2.77. The Labute approximate surface area is 173 Å². The number of carbonyl (C=O) groups is 2. The number of benzene rings is 2. The second kappa shape index (κ2) is 10.1. The fraction of sp³-hybridized carbons (Fsp3) is 0.333. The molecule has 30 heavy (non-hydrogen) atoms. The van der Waals surface area contributed by atoms with Gasteiger partial charge in [-0.2, -0.15) is 0 Å². The number of rotatable bonds is 6. The summed E-state index contributed by atoms with van der Waals surface area (Å²) in [6.07, 6.45) is 0. The number of hydrogen-bond acceptors (Lipinski definition) is 5. The lowest BCUT2D eigenvalue weighted by Crippen LogP contribution is -2.45. The van der Waals surface area contributed by atoms with Crippen LogP contribution in [0.15, 0.2) is 42.5 Å². The van der Waals surface area contributed by atoms with Crippen LogP contribution >= 0.6 is 0 Å². The number of anilines is 1. The zero-order chi connectivity index (χ0) is 21.5. The second-order valence-corrected chi connectivity index (χ2v) is 6.73. The number of methoxy groups -OCH3 is 1. The van der Waals surface area contributed by atoms with Gasteiger partial charge >= 0.3 is 11.8 Å². The van der Waals surface area contributed by atoms with Crippen LogP contribution in [0.25, 0.3) is 0 Å². The van der Waals surface area contributed by atoms with Crippen molar-refractivity contribution < 1.29 is 27.8 Å². The van der Waals surface area contributed by atoms with Crippen LogP contribution in [-0.2, 0) is 14.3 Å². The Morgan fingerprint density at radius 2 is 1.77 bits per heavy atom. The van der Waals surface area contributed by atoms with Gasteiger partial charge in [0, 0.05) is 31.4 Å². The number of nitrogens with one attached hydrogen (secondary N) is 2. The highest BCUT2D eigenvalue weighted by molar-refractivity contribution is 6.39. The number of carbonyl (C=O) groups excluding carboxylic acids is 2. The van der Waals surface area contributed by atoms with E-state index in [1.54, 1.807) is 7.11 Å². The lowest BCUT2D eigenvalue weighted by atomic mass is 10.0. The average molecular weight is 419 g/mol. The summed E-state index contributed by atoms with van der Waals surface area (Å²) in [7, 11) is 1.58. The van der Waals surface area contributed by atoms with Crippen molar-refractivity contribution in [2.24, 2.45) is 0 Å². The van der Waals surface area contributed by atoms with E-state index < -0.39 is 23.4 Å². The molecule has 0 aliphatic carbocycles. The molecule has 1 fully saturated rings. The van der Waals surface area contributed by atoms with Crippen molar-refractivity contribution in [2.45, 2.75) is 6.04 Å². The molecule has 2 amide bonds. The predicted molar refractivity (Wildman–Crippen MR) is 106 cm³/mol. The van der Waals surface area contributed by atoms with Gasteiger partial charge in [0.05, 0.1) is 26.4 Å². The third-order valence-electron chi connectivity index (χ3n) is 4.83. The van der Waals surface area contributed by atoms with Crippen molar-refractivity contribution in [3.05, 3.63) is 59.7 Å². The highest BCUT2D eigenvalue weighted by Crippen LogP contribution is 2.23. The van der Waals surface area contributed by atoms with Crippen molar-refractivity contribution in [3.63, 3.8) is 0 Å². The van der Waals surface area contributed by atoms with E-state index in [1.807, 2.05) is 24.3 Å². The van der Waals surface area contributed by atoms with Crippen LogP contribution in [0, 0.1) is 11.6 Å². The first kappa shape index (κ1) is 21.7. The maximum Gasteiger partial charge on any atom is 0.313 e. The van der Waals surface area contributed by atoms with E-state index in [0.717, 1.165) is 23.4 Å². The number of halogens is 2. The summed E-state index contributed by atoms with van der Waals surface area (Å²) in [5.74, 6) is -3.26. The molecular weight excluding hydrogens is 396 g/mol. The lowest BCUT2D eigenvalue weighted by molar-refractivity contribution is -0.136. The molecule has 2 aromatic carbocycles. The quantitative estimate of drug-likeness (QED) is 0.701. The number of ether oxygens (including phenoxy) is 2. The summed E-state index contributed by atoms with van der Waals surface area (Å²) < 4.78 is 36.9. The highest BCUT2D eigenvalue weighted by atomic mass is 19.2. The van der Waals surface area contributed by atoms with Crippen molar-refractivity contribution in [1.29, 1.82) is 0 Å². The summed E-state index contributed by atoms with van der Waals surface area (Å²) in [5, 5.41) is 4.88. The molecule has 1 heterocycles. The number of nitrogens with zero attached hydrogens (tertiary/aromatic N) is 1. The molecular formula is C21H23F2N3O4. The molecule has 0 spiro atoms. The monoisotopic (exact) mass is 419 g/mol. The summed E-state index contributed by atoms with van der Waals surface area (Å²) in [5.41, 5.74) is 0.952. The third kappa shape index (κ3) is 5.52. The molecule has 7 nitrogen and oxygen atoms in total. The summed E-state index contributed by atoms with van der Waals surface area (Å²) >= 11 is 0. The lowest BCUT2D eigenvalue weighted by Gasteiger charge is -2.34. The molecule has 0 aromatic heterocycles. The van der Waals surface area contributed by atoms with Gasteiger partial charge in [0.2, 0.25) is 0 Å². The first-order valence-corrected chi connectivity index (χ1v) is 9.48. The maximum atomic E-state index is 13.3. The Balaban J connectivity index is 1.65. The Kier molecular flexibility index (Phi) is 7.31. The fourth-order valence-corrected chi connectivity index (χ4v) is 3.20. The van der Waals surface area contributed by atoms with E-state index in [4.69, 9.17) is 9.47 Å². The molecule has 1 aliphatic rings. The molecule has 3 rings (SSSR count). The molecule has 0 radical (unpaired) electrons. The van der Waals surface area contributed by atoms with Crippen molar-refractivity contribution in [1.82, 2.24) is 10.2 Å². The molecule has 2 aromatic rings. The molecule has 2 N–H and O–H groups in total. The Morgan fingerprint density at radius 1 is 1.07 bits per heavy atom. The molecule has 1 unspecified atom stereocenters. The Hall–Kier alpha value is -3.04. The maximum absolute atomic E-state index is 13.3. The SMILES string of the molecule is COc1ccc(C(CNC(=O)C(=O)Nc2ccc(F)c(F)c2)N2CCOCC2)cc1. The van der Waals surface area contributed by atoms with E-state index >= 15 is 0 Å². The smallest absolute Gasteiger partial charge is 0.313 e. The standard InChI is InChI=1S/C21H23F2N3O4/c1-29-16-5-2-14(3-6-16)19(26-8-10-30-11-9-26)13-24-20(27)21(28)25-15-4-7-17(22)18(23)12-15/h2-7,12,19H,8-11,13H2,1H3,(H,24,27)(H,25,28). The minimum Gasteiger partial charge on any atom is -0.497 e. The minimum absolute atomic E-state index is 0.00562. The molecule has 1 saturated heterocycles. The van der Waals surface area contributed by atoms with Gasteiger partial charge in [0.1, 0.15) is 5.75 Å². The van der Waals surface area contributed by atoms with Crippen LogP contribution < -0.4 is 15.4 Å². The predicted octanol–water partition coefficient (Wildman–Crippen LogP) is 2.10. The van der Waals surface area contributed by atoms with Gasteiger partial charge in [-0.3, -0.25) is 14.5 Å². The first-order chi connectivity index (χ1) is 14.5. The van der Waals surface area contributed by atoms with Gasteiger partial charge in [0.25, 0.3) is 0 Å². The van der Waals surface area contributed by atoms with E-state index in [-0.39, 0.29) is 18.3 Å². The van der Waals surface area contributed by atoms with E-state index in [9.17, 15) is 18.4 Å². The van der Waals surface area contributed by atoms with E-state index in [2.05, 4.69) is 15.5 Å². The fourth-order valence-electron chi connectivity index (χ4n) is 3.20. The van der Waals surface area contributed by atoms with Crippen LogP contribution in [0.2, 0.25) is 0 Å². The molecule has 9 heteroatoms. The Bertz CT molecular complexity index is 886. The van der Waals surface area contributed by atoms with Gasteiger partial charge in [-0.1, -0.05) is 12.1 Å². The van der Waals surface area contributed by atoms with Crippen molar-refractivity contribution >= 4 is 17.5 Å². The van der Waals surface area contributed by atoms with Crippen molar-refractivity contribution in [2.75, 3.05) is 45.3 Å². The zero-order valence-corrected chi connectivity index (χ0v) is 16.5. The molecule has 0 bridgehead atoms. The second-order valence-electron chi connectivity index (χ2n) is 6.73. The molecule has 1 aliphatic heterocycles. The number of hydrogen-bond donors (Lipinski definition) is 2. The summed E-state index contributed by atoms with van der Waals surface area (Å²) in [6.45, 7) is 2.73. The molecule has 1 atom stereocenters. The molecule has 160 valence electrons. The Morgan fingerprint density at radius 3 is 2.40 bits per heavy atom. The van der Waals surface area contributed by atoms with Gasteiger partial charge < -0.3 is 20.1 Å². The van der Waals surface area contributed by atoms with Gasteiger partial charge in [0.15, 0.2) is 11.6 Å². The number of morpholine rings is 1.